The number of carbonyl (C=O) groups excluding carboxylic acids is 1. The van der Waals surface area contributed by atoms with Gasteiger partial charge >= 0.3 is 5.97 Å². The van der Waals surface area contributed by atoms with Gasteiger partial charge in [-0.1, -0.05) is 0 Å². The molecule has 0 saturated carbocycles. The number of hydrogen-bond acceptors (Lipinski definition) is 7. The fraction of sp³-hybridized carbons (Fsp3) is 0.333. The molecule has 9 heteroatoms. The highest BCUT2D eigenvalue weighted by molar-refractivity contribution is 5.98. The minimum atomic E-state index is -1.22. The predicted molar refractivity (Wildman–Crippen MR) is 86.3 cm³/mol. The summed E-state index contributed by atoms with van der Waals surface area (Å²) in [4.78, 5) is 22.7. The Morgan fingerprint density at radius 3 is 2.33 bits per heavy atom. The quantitative estimate of drug-likeness (QED) is 0.363. The molecule has 1 rings (SSSR count). The van der Waals surface area contributed by atoms with Gasteiger partial charge in [0, 0.05) is 19.3 Å². The maximum Gasteiger partial charge on any atom is 0.353 e. The summed E-state index contributed by atoms with van der Waals surface area (Å²) >= 11 is 0. The fourth-order valence-corrected chi connectivity index (χ4v) is 1.87. The third kappa shape index (κ3) is 4.70. The van der Waals surface area contributed by atoms with Gasteiger partial charge in [0.05, 0.1) is 26.9 Å². The summed E-state index contributed by atoms with van der Waals surface area (Å²) in [5.74, 6) is -0.562. The number of ether oxygens (including phenoxy) is 3. The van der Waals surface area contributed by atoms with Crippen molar-refractivity contribution in [1.82, 2.24) is 10.6 Å². The number of methoxy groups -OCH3 is 3. The maximum atomic E-state index is 12.2. The molecule has 0 unspecified atom stereocenters. The lowest BCUT2D eigenvalue weighted by Gasteiger charge is -2.15. The molecule has 0 heterocycles. The molecule has 1 amide bonds. The minimum absolute atomic E-state index is 0.250. The summed E-state index contributed by atoms with van der Waals surface area (Å²) in [7, 11) is 4.36. The van der Waals surface area contributed by atoms with E-state index in [1.165, 1.54) is 21.3 Å². The Kier molecular flexibility index (Phi) is 7.21. The largest absolute Gasteiger partial charge is 0.493 e. The van der Waals surface area contributed by atoms with Gasteiger partial charge in [-0.05, 0) is 12.1 Å². The van der Waals surface area contributed by atoms with Crippen molar-refractivity contribution >= 4 is 11.9 Å². The lowest BCUT2D eigenvalue weighted by Crippen LogP contribution is -2.31. The molecule has 0 atom stereocenters. The molecule has 0 saturated heterocycles. The molecule has 0 bridgehead atoms. The molecule has 132 valence electrons. The Balaban J connectivity index is 2.72. The molecule has 0 aliphatic rings. The van der Waals surface area contributed by atoms with Crippen LogP contribution in [0, 0.1) is 0 Å². The van der Waals surface area contributed by atoms with Crippen molar-refractivity contribution in [3.05, 3.63) is 29.6 Å². The maximum absolute atomic E-state index is 12.2. The molecule has 0 spiro atoms. The summed E-state index contributed by atoms with van der Waals surface area (Å²) in [6.07, 6.45) is 1.16. The van der Waals surface area contributed by atoms with E-state index in [0.29, 0.717) is 18.0 Å². The number of nitrogens with two attached hydrogens (primary N) is 1. The first-order chi connectivity index (χ1) is 11.5. The van der Waals surface area contributed by atoms with Gasteiger partial charge in [-0.15, -0.1) is 0 Å². The van der Waals surface area contributed by atoms with Crippen LogP contribution in [0.4, 0.5) is 0 Å². The van der Waals surface area contributed by atoms with Crippen LogP contribution >= 0.6 is 0 Å². The van der Waals surface area contributed by atoms with E-state index >= 15 is 0 Å². The van der Waals surface area contributed by atoms with Crippen LogP contribution in [0.3, 0.4) is 0 Å². The van der Waals surface area contributed by atoms with Crippen molar-refractivity contribution in [2.45, 2.75) is 0 Å². The van der Waals surface area contributed by atoms with Crippen LogP contribution in [0.15, 0.2) is 24.0 Å². The highest BCUT2D eigenvalue weighted by atomic mass is 16.5. The summed E-state index contributed by atoms with van der Waals surface area (Å²) in [5.41, 5.74) is 5.19. The van der Waals surface area contributed by atoms with Crippen molar-refractivity contribution in [3.63, 3.8) is 0 Å². The normalized spacial score (nSPS) is 10.7. The number of rotatable bonds is 9. The SMILES string of the molecule is COc1ccc(C(=O)NCCN/C=C(\N)C(=O)O)c(OC)c1OC. The highest BCUT2D eigenvalue weighted by Crippen LogP contribution is 2.39. The van der Waals surface area contributed by atoms with Crippen molar-refractivity contribution in [2.75, 3.05) is 34.4 Å². The van der Waals surface area contributed by atoms with E-state index in [0.717, 1.165) is 6.20 Å². The second kappa shape index (κ2) is 9.13. The van der Waals surface area contributed by atoms with Crippen LogP contribution in [0.2, 0.25) is 0 Å². The summed E-state index contributed by atoms with van der Waals surface area (Å²) < 4.78 is 15.6. The van der Waals surface area contributed by atoms with Gasteiger partial charge in [-0.2, -0.15) is 0 Å². The lowest BCUT2D eigenvalue weighted by atomic mass is 10.1. The Hall–Kier alpha value is -3.10. The van der Waals surface area contributed by atoms with Crippen LogP contribution in [0.1, 0.15) is 10.4 Å². The molecule has 5 N–H and O–H groups in total. The second-order valence-corrected chi connectivity index (χ2v) is 4.50. The number of benzene rings is 1. The molecule has 0 aromatic heterocycles. The molecule has 24 heavy (non-hydrogen) atoms. The van der Waals surface area contributed by atoms with Gasteiger partial charge < -0.3 is 35.7 Å². The van der Waals surface area contributed by atoms with Crippen LogP contribution < -0.4 is 30.6 Å². The van der Waals surface area contributed by atoms with Crippen molar-refractivity contribution in [2.24, 2.45) is 5.73 Å². The average molecular weight is 339 g/mol. The van der Waals surface area contributed by atoms with Crippen molar-refractivity contribution < 1.29 is 28.9 Å². The number of carbonyl (C=O) groups is 2. The van der Waals surface area contributed by atoms with Gasteiger partial charge in [0.1, 0.15) is 5.70 Å². The monoisotopic (exact) mass is 339 g/mol. The first-order valence-corrected chi connectivity index (χ1v) is 6.95. The molecular formula is C15H21N3O6. The van der Waals surface area contributed by atoms with Crippen molar-refractivity contribution in [1.29, 1.82) is 0 Å². The Labute approximate surface area is 139 Å². The fourth-order valence-electron chi connectivity index (χ4n) is 1.87. The number of carboxylic acids is 1. The predicted octanol–water partition coefficient (Wildman–Crippen LogP) is -0.0835. The first kappa shape index (κ1) is 18.9. The zero-order valence-corrected chi connectivity index (χ0v) is 13.7. The van der Waals surface area contributed by atoms with Gasteiger partial charge in [0.2, 0.25) is 5.75 Å². The Bertz CT molecular complexity index is 630. The van der Waals surface area contributed by atoms with E-state index < -0.39 is 5.97 Å². The summed E-state index contributed by atoms with van der Waals surface area (Å²) in [6.45, 7) is 0.551. The van der Waals surface area contributed by atoms with Gasteiger partial charge in [0.15, 0.2) is 11.5 Å². The van der Waals surface area contributed by atoms with E-state index in [4.69, 9.17) is 25.1 Å². The van der Waals surface area contributed by atoms with Gasteiger partial charge in [0.25, 0.3) is 5.91 Å². The van der Waals surface area contributed by atoms with E-state index in [2.05, 4.69) is 10.6 Å². The van der Waals surface area contributed by atoms with E-state index in [-0.39, 0.29) is 29.5 Å². The molecule has 0 fully saturated rings. The average Bonchev–Trinajstić information content (AvgIpc) is 2.59. The molecule has 0 aliphatic carbocycles. The van der Waals surface area contributed by atoms with E-state index in [1.807, 2.05) is 0 Å². The number of carboxylic acid groups (broad SMARTS) is 1. The number of amides is 1. The molecule has 9 nitrogen and oxygen atoms in total. The zero-order chi connectivity index (χ0) is 18.1. The first-order valence-electron chi connectivity index (χ1n) is 6.95. The third-order valence-electron chi connectivity index (χ3n) is 3.01. The van der Waals surface area contributed by atoms with Crippen molar-refractivity contribution in [3.8, 4) is 17.2 Å². The number of aliphatic carboxylic acids is 1. The molecular weight excluding hydrogens is 318 g/mol. The highest BCUT2D eigenvalue weighted by Gasteiger charge is 2.20. The molecule has 0 radical (unpaired) electrons. The molecule has 1 aromatic rings. The van der Waals surface area contributed by atoms with E-state index in [1.54, 1.807) is 12.1 Å². The van der Waals surface area contributed by atoms with Gasteiger partial charge in [-0.3, -0.25) is 4.79 Å². The topological polar surface area (TPSA) is 132 Å². The minimum Gasteiger partial charge on any atom is -0.493 e. The second-order valence-electron chi connectivity index (χ2n) is 4.50. The Morgan fingerprint density at radius 1 is 1.12 bits per heavy atom. The van der Waals surface area contributed by atoms with E-state index in [9.17, 15) is 9.59 Å². The number of nitrogens with one attached hydrogen (secondary N) is 2. The standard InChI is InChI=1S/C15H21N3O6/c1-22-11-5-4-9(12(23-2)13(11)24-3)14(19)18-7-6-17-8-10(16)15(20)21/h4-5,8,17H,6-7,16H2,1-3H3,(H,18,19)(H,20,21)/b10-8-. The smallest absolute Gasteiger partial charge is 0.353 e. The third-order valence-corrected chi connectivity index (χ3v) is 3.01. The van der Waals surface area contributed by atoms with Gasteiger partial charge in [-0.25, -0.2) is 4.79 Å². The molecule has 0 aliphatic heterocycles. The summed E-state index contributed by atoms with van der Waals surface area (Å²) in [6, 6.07) is 3.16. The Morgan fingerprint density at radius 2 is 1.79 bits per heavy atom. The van der Waals surface area contributed by atoms with Crippen LogP contribution in [0.25, 0.3) is 0 Å². The van der Waals surface area contributed by atoms with Crippen LogP contribution in [-0.2, 0) is 4.79 Å². The molecule has 1 aromatic carbocycles. The number of hydrogen-bond donors (Lipinski definition) is 4. The van der Waals surface area contributed by atoms with Crippen LogP contribution in [0.5, 0.6) is 17.2 Å². The zero-order valence-electron chi connectivity index (χ0n) is 13.7. The summed E-state index contributed by atoms with van der Waals surface area (Å²) in [5, 5.41) is 13.9. The van der Waals surface area contributed by atoms with Crippen LogP contribution in [-0.4, -0.2) is 51.4 Å². The lowest BCUT2D eigenvalue weighted by molar-refractivity contribution is -0.132.